The smallest absolute Gasteiger partial charge is 0.0595 e. The van der Waals surface area contributed by atoms with E-state index in [0.717, 1.165) is 6.42 Å². The highest BCUT2D eigenvalue weighted by atomic mass is 35.5. The Morgan fingerprint density at radius 1 is 1.17 bits per heavy atom. The molecule has 3 heteroatoms. The highest BCUT2D eigenvalue weighted by Gasteiger charge is 2.20. The highest BCUT2D eigenvalue weighted by molar-refractivity contribution is 6.42. The number of halogens is 2. The molecule has 0 aliphatic carbocycles. The summed E-state index contributed by atoms with van der Waals surface area (Å²) in [7, 11) is 0. The average molecular weight is 286 g/mol. The van der Waals surface area contributed by atoms with Gasteiger partial charge in [-0.25, -0.2) is 0 Å². The van der Waals surface area contributed by atoms with Crippen LogP contribution in [0.2, 0.25) is 10.0 Å². The predicted octanol–water partition coefficient (Wildman–Crippen LogP) is 4.85. The Balaban J connectivity index is 1.93. The zero-order valence-corrected chi connectivity index (χ0v) is 12.4. The molecule has 1 aliphatic rings. The minimum atomic E-state index is 0.590. The van der Waals surface area contributed by atoms with Crippen molar-refractivity contribution in [1.82, 2.24) is 5.32 Å². The van der Waals surface area contributed by atoms with Crippen molar-refractivity contribution in [3.05, 3.63) is 33.8 Å². The largest absolute Gasteiger partial charge is 0.311 e. The lowest BCUT2D eigenvalue weighted by atomic mass is 9.92. The van der Waals surface area contributed by atoms with Gasteiger partial charge < -0.3 is 5.32 Å². The molecule has 2 atom stereocenters. The van der Waals surface area contributed by atoms with E-state index in [9.17, 15) is 0 Å². The maximum Gasteiger partial charge on any atom is 0.0595 e. The van der Waals surface area contributed by atoms with Crippen LogP contribution < -0.4 is 5.32 Å². The molecular formula is C15H21Cl2N. The van der Waals surface area contributed by atoms with E-state index in [1.807, 2.05) is 12.1 Å². The molecule has 0 spiro atoms. The summed E-state index contributed by atoms with van der Waals surface area (Å²) in [6.45, 7) is 2.25. The van der Waals surface area contributed by atoms with Crippen molar-refractivity contribution in [3.63, 3.8) is 0 Å². The number of nitrogens with one attached hydrogen (secondary N) is 1. The Kier molecular flexibility index (Phi) is 5.35. The molecular weight excluding hydrogens is 265 g/mol. The van der Waals surface area contributed by atoms with Gasteiger partial charge in [0.2, 0.25) is 0 Å². The number of benzene rings is 1. The first-order chi connectivity index (χ1) is 8.69. The summed E-state index contributed by atoms with van der Waals surface area (Å²) < 4.78 is 0. The lowest BCUT2D eigenvalue weighted by Gasteiger charge is -2.31. The topological polar surface area (TPSA) is 12.0 Å². The van der Waals surface area contributed by atoms with Crippen LogP contribution in [0.4, 0.5) is 0 Å². The van der Waals surface area contributed by atoms with Gasteiger partial charge in [-0.2, -0.15) is 0 Å². The van der Waals surface area contributed by atoms with Crippen LogP contribution in [0.1, 0.15) is 44.6 Å². The summed E-state index contributed by atoms with van der Waals surface area (Å²) >= 11 is 12.0. The van der Waals surface area contributed by atoms with Gasteiger partial charge in [0.05, 0.1) is 10.0 Å². The Labute approximate surface area is 120 Å². The van der Waals surface area contributed by atoms with Gasteiger partial charge >= 0.3 is 0 Å². The fourth-order valence-corrected chi connectivity index (χ4v) is 3.12. The van der Waals surface area contributed by atoms with Crippen LogP contribution in [0.15, 0.2) is 18.2 Å². The van der Waals surface area contributed by atoms with E-state index in [2.05, 4.69) is 18.3 Å². The van der Waals surface area contributed by atoms with Crippen LogP contribution in [0.5, 0.6) is 0 Å². The van der Waals surface area contributed by atoms with Crippen LogP contribution in [0.25, 0.3) is 0 Å². The Bertz CT molecular complexity index is 390. The monoisotopic (exact) mass is 285 g/mol. The molecule has 0 aromatic heterocycles. The molecule has 1 aliphatic heterocycles. The van der Waals surface area contributed by atoms with Gasteiger partial charge in [-0.05, 0) is 43.4 Å². The first kappa shape index (κ1) is 14.2. The van der Waals surface area contributed by atoms with Gasteiger partial charge in [-0.1, -0.05) is 49.0 Å². The lowest BCUT2D eigenvalue weighted by molar-refractivity contribution is 0.305. The Morgan fingerprint density at radius 2 is 1.94 bits per heavy atom. The maximum atomic E-state index is 6.06. The summed E-state index contributed by atoms with van der Waals surface area (Å²) in [6, 6.07) is 7.27. The number of hydrogen-bond acceptors (Lipinski definition) is 1. The van der Waals surface area contributed by atoms with Gasteiger partial charge in [0, 0.05) is 12.1 Å². The van der Waals surface area contributed by atoms with E-state index in [1.54, 1.807) is 0 Å². The van der Waals surface area contributed by atoms with E-state index in [0.29, 0.717) is 22.1 Å². The average Bonchev–Trinajstić information content (AvgIpc) is 2.35. The molecule has 100 valence electrons. The van der Waals surface area contributed by atoms with Crippen LogP contribution in [0, 0.1) is 0 Å². The summed E-state index contributed by atoms with van der Waals surface area (Å²) in [4.78, 5) is 0. The first-order valence-corrected chi connectivity index (χ1v) is 7.64. The molecule has 1 saturated heterocycles. The summed E-state index contributed by atoms with van der Waals surface area (Å²) in [6.07, 6.45) is 7.53. The Hall–Kier alpha value is -0.240. The van der Waals surface area contributed by atoms with Gasteiger partial charge in [-0.15, -0.1) is 0 Å². The SMILES string of the molecule is CCCC1CCCC(Cc2ccc(Cl)c(Cl)c2)N1. The minimum Gasteiger partial charge on any atom is -0.311 e. The molecule has 1 heterocycles. The van der Waals surface area contributed by atoms with E-state index in [4.69, 9.17) is 23.2 Å². The van der Waals surface area contributed by atoms with Crippen molar-refractivity contribution < 1.29 is 0 Å². The third-order valence-corrected chi connectivity index (χ3v) is 4.42. The summed E-state index contributed by atoms with van der Waals surface area (Å²) in [5.74, 6) is 0. The van der Waals surface area contributed by atoms with E-state index < -0.39 is 0 Å². The number of rotatable bonds is 4. The Morgan fingerprint density at radius 3 is 2.67 bits per heavy atom. The minimum absolute atomic E-state index is 0.590. The van der Waals surface area contributed by atoms with Gasteiger partial charge in [-0.3, -0.25) is 0 Å². The molecule has 2 rings (SSSR count). The van der Waals surface area contributed by atoms with Gasteiger partial charge in [0.15, 0.2) is 0 Å². The quantitative estimate of drug-likeness (QED) is 0.834. The maximum absolute atomic E-state index is 6.06. The zero-order chi connectivity index (χ0) is 13.0. The molecule has 1 N–H and O–H groups in total. The molecule has 1 aromatic carbocycles. The highest BCUT2D eigenvalue weighted by Crippen LogP contribution is 2.25. The standard InChI is InChI=1S/C15H21Cl2N/c1-2-4-12-5-3-6-13(18-12)9-11-7-8-14(16)15(17)10-11/h7-8,10,12-13,18H,2-6,9H2,1H3. The second kappa shape index (κ2) is 6.79. The lowest BCUT2D eigenvalue weighted by Crippen LogP contribution is -2.43. The fraction of sp³-hybridized carbons (Fsp3) is 0.600. The van der Waals surface area contributed by atoms with Crippen molar-refractivity contribution >= 4 is 23.2 Å². The zero-order valence-electron chi connectivity index (χ0n) is 10.9. The van der Waals surface area contributed by atoms with E-state index in [1.165, 1.54) is 37.7 Å². The van der Waals surface area contributed by atoms with E-state index in [-0.39, 0.29) is 0 Å². The third-order valence-electron chi connectivity index (χ3n) is 3.68. The van der Waals surface area contributed by atoms with Crippen molar-refractivity contribution in [2.45, 2.75) is 57.5 Å². The number of piperidine rings is 1. The van der Waals surface area contributed by atoms with Gasteiger partial charge in [0.1, 0.15) is 0 Å². The summed E-state index contributed by atoms with van der Waals surface area (Å²) in [5.41, 5.74) is 1.28. The molecule has 1 aromatic rings. The van der Waals surface area contributed by atoms with Crippen LogP contribution >= 0.6 is 23.2 Å². The third kappa shape index (κ3) is 3.88. The molecule has 1 fully saturated rings. The fourth-order valence-electron chi connectivity index (χ4n) is 2.80. The van der Waals surface area contributed by atoms with Crippen molar-refractivity contribution in [2.75, 3.05) is 0 Å². The molecule has 2 unspecified atom stereocenters. The molecule has 0 radical (unpaired) electrons. The van der Waals surface area contributed by atoms with Crippen LogP contribution in [-0.2, 0) is 6.42 Å². The normalized spacial score (nSPS) is 24.2. The summed E-state index contributed by atoms with van der Waals surface area (Å²) in [5, 5.41) is 5.06. The second-order valence-electron chi connectivity index (χ2n) is 5.23. The van der Waals surface area contributed by atoms with Crippen LogP contribution in [-0.4, -0.2) is 12.1 Å². The van der Waals surface area contributed by atoms with Crippen molar-refractivity contribution in [1.29, 1.82) is 0 Å². The number of hydrogen-bond donors (Lipinski definition) is 1. The molecule has 1 nitrogen and oxygen atoms in total. The molecule has 0 saturated carbocycles. The van der Waals surface area contributed by atoms with Crippen molar-refractivity contribution in [3.8, 4) is 0 Å². The molecule has 0 amide bonds. The molecule has 0 bridgehead atoms. The van der Waals surface area contributed by atoms with Crippen molar-refractivity contribution in [2.24, 2.45) is 0 Å². The van der Waals surface area contributed by atoms with E-state index >= 15 is 0 Å². The molecule has 18 heavy (non-hydrogen) atoms. The first-order valence-electron chi connectivity index (χ1n) is 6.89. The second-order valence-corrected chi connectivity index (χ2v) is 6.05. The van der Waals surface area contributed by atoms with Gasteiger partial charge in [0.25, 0.3) is 0 Å². The predicted molar refractivity (Wildman–Crippen MR) is 79.6 cm³/mol. The van der Waals surface area contributed by atoms with Crippen LogP contribution in [0.3, 0.4) is 0 Å².